The smallest absolute Gasteiger partial charge is 0.331 e. The van der Waals surface area contributed by atoms with Gasteiger partial charge in [-0.05, 0) is 75.2 Å². The van der Waals surface area contributed by atoms with E-state index < -0.39 is 52.8 Å². The average molecular weight is 573 g/mol. The molecule has 41 heavy (non-hydrogen) atoms. The van der Waals surface area contributed by atoms with E-state index in [1.165, 1.54) is 6.92 Å². The van der Waals surface area contributed by atoms with Crippen molar-refractivity contribution in [1.29, 1.82) is 0 Å². The van der Waals surface area contributed by atoms with Gasteiger partial charge in [-0.15, -0.1) is 0 Å². The maximum Gasteiger partial charge on any atom is 0.331 e. The number of carbonyl (C=O) groups is 3. The number of hydrogen-bond acceptors (Lipinski definition) is 10. The molecule has 0 aromatic carbocycles. The number of aldehydes is 1. The van der Waals surface area contributed by atoms with Crippen LogP contribution in [0.2, 0.25) is 0 Å². The first kappa shape index (κ1) is 27.7. The predicted octanol–water partition coefficient (Wildman–Crippen LogP) is 2.49. The van der Waals surface area contributed by atoms with Gasteiger partial charge in [-0.25, -0.2) is 4.79 Å². The maximum atomic E-state index is 13.2. The minimum absolute atomic E-state index is 0.0546. The van der Waals surface area contributed by atoms with Gasteiger partial charge in [-0.1, -0.05) is 18.6 Å². The third kappa shape index (κ3) is 3.70. The van der Waals surface area contributed by atoms with Gasteiger partial charge in [-0.3, -0.25) is 4.79 Å². The molecule has 0 unspecified atom stereocenters. The number of ether oxygens (including phenoxy) is 5. The van der Waals surface area contributed by atoms with Crippen LogP contribution in [-0.4, -0.2) is 77.1 Å². The molecule has 0 aromatic heterocycles. The minimum atomic E-state index is -1.81. The van der Waals surface area contributed by atoms with E-state index in [1.807, 2.05) is 6.92 Å². The van der Waals surface area contributed by atoms with Crippen LogP contribution in [-0.2, 0) is 38.1 Å². The molecule has 2 N–H and O–H groups in total. The van der Waals surface area contributed by atoms with E-state index in [4.69, 9.17) is 23.7 Å². The quantitative estimate of drug-likeness (QED) is 0.295. The van der Waals surface area contributed by atoms with Gasteiger partial charge >= 0.3 is 11.9 Å². The number of hydrogen-bond donors (Lipinski definition) is 2. The number of esters is 2. The van der Waals surface area contributed by atoms with Crippen molar-refractivity contribution in [3.63, 3.8) is 0 Å². The zero-order valence-electron chi connectivity index (χ0n) is 23.9. The number of cyclic esters (lactones) is 1. The van der Waals surface area contributed by atoms with Crippen molar-refractivity contribution in [3.05, 3.63) is 23.3 Å². The Kier molecular flexibility index (Phi) is 6.21. The standard InChI is InChI=1S/C31H40O10/c1-16-10-25(34)31(40-17(2)33)27(38-16)39-23-12-19-4-5-22-21(29(19,15-32)13-24(23)41-31)6-8-28(3)20(7-9-30(22,28)36)18-11-26(35)37-14-18/h4,11,15-16,20-25,27,34,36H,5-10,12-14H2,1-3H3/t16-,20-,21+,22-,23-,24-,25-,27+,28-,29-,30+,31+/m1/s1. The van der Waals surface area contributed by atoms with Gasteiger partial charge in [0, 0.05) is 24.8 Å². The SMILES string of the molecule is CC(=O)O[C@@]12O[C@@H]3C[C@@]4(C=O)C(=CC[C@@H]5[C@@H]4CC[C@]4(C)[C@@H](C6=CC(=O)OC6)CC[C@]54O)C[C@H]3O[C@@H]1O[C@H](C)C[C@H]2O. The van der Waals surface area contributed by atoms with E-state index in [1.54, 1.807) is 6.08 Å². The van der Waals surface area contributed by atoms with Gasteiger partial charge < -0.3 is 38.7 Å². The van der Waals surface area contributed by atoms with Crippen LogP contribution < -0.4 is 0 Å². The van der Waals surface area contributed by atoms with Crippen molar-refractivity contribution in [2.45, 2.75) is 114 Å². The number of fused-ring (bicyclic) bond motifs is 7. The van der Waals surface area contributed by atoms with E-state index in [-0.39, 0.29) is 42.9 Å². The molecule has 0 bridgehead atoms. The molecular weight excluding hydrogens is 532 g/mol. The number of carbonyl (C=O) groups excluding carboxylic acids is 3. The molecule has 0 aromatic rings. The van der Waals surface area contributed by atoms with Crippen LogP contribution in [0.15, 0.2) is 23.3 Å². The number of aliphatic hydroxyl groups excluding tert-OH is 1. The van der Waals surface area contributed by atoms with Crippen molar-refractivity contribution in [2.75, 3.05) is 6.61 Å². The molecule has 0 amide bonds. The molecule has 4 aliphatic carbocycles. The lowest BCUT2D eigenvalue weighted by atomic mass is 9.45. The molecule has 7 aliphatic rings. The lowest BCUT2D eigenvalue weighted by Gasteiger charge is -2.62. The van der Waals surface area contributed by atoms with E-state index in [0.29, 0.717) is 25.7 Å². The van der Waals surface area contributed by atoms with Gasteiger partial charge in [0.25, 0.3) is 5.79 Å². The minimum Gasteiger partial charge on any atom is -0.458 e. The van der Waals surface area contributed by atoms with E-state index in [2.05, 4.69) is 13.0 Å². The maximum absolute atomic E-state index is 13.2. The fraction of sp³-hybridized carbons (Fsp3) is 0.774. The second-order valence-electron chi connectivity index (χ2n) is 13.7. The molecule has 2 saturated heterocycles. The Balaban J connectivity index is 1.21. The summed E-state index contributed by atoms with van der Waals surface area (Å²) in [6.45, 7) is 5.50. The van der Waals surface area contributed by atoms with Gasteiger partial charge in [0.2, 0.25) is 6.29 Å². The van der Waals surface area contributed by atoms with Gasteiger partial charge in [0.15, 0.2) is 0 Å². The molecule has 10 heteroatoms. The van der Waals surface area contributed by atoms with E-state index in [9.17, 15) is 24.6 Å². The van der Waals surface area contributed by atoms with Crippen molar-refractivity contribution >= 4 is 18.2 Å². The molecule has 7 rings (SSSR count). The molecule has 0 spiro atoms. The lowest BCUT2D eigenvalue weighted by Crippen LogP contribution is -2.71. The van der Waals surface area contributed by atoms with Gasteiger partial charge in [0.1, 0.15) is 19.0 Å². The third-order valence-electron chi connectivity index (χ3n) is 11.9. The van der Waals surface area contributed by atoms with Crippen LogP contribution in [0.3, 0.4) is 0 Å². The Hall–Kier alpha value is -2.11. The summed E-state index contributed by atoms with van der Waals surface area (Å²) in [7, 11) is 0. The first-order valence-corrected chi connectivity index (χ1v) is 15.1. The predicted molar refractivity (Wildman–Crippen MR) is 141 cm³/mol. The second kappa shape index (κ2) is 9.19. The molecule has 5 fully saturated rings. The van der Waals surface area contributed by atoms with Crippen LogP contribution >= 0.6 is 0 Å². The number of allylic oxidation sites excluding steroid dienone is 1. The van der Waals surface area contributed by atoms with E-state index >= 15 is 0 Å². The summed E-state index contributed by atoms with van der Waals surface area (Å²) in [4.78, 5) is 37.2. The van der Waals surface area contributed by atoms with Crippen molar-refractivity contribution in [3.8, 4) is 0 Å². The lowest BCUT2D eigenvalue weighted by molar-refractivity contribution is -0.452. The highest BCUT2D eigenvalue weighted by molar-refractivity contribution is 5.85. The molecule has 12 atom stereocenters. The molecule has 224 valence electrons. The average Bonchev–Trinajstić information content (AvgIpc) is 3.46. The fourth-order valence-corrected chi connectivity index (χ4v) is 9.97. The molecule has 3 heterocycles. The fourth-order valence-electron chi connectivity index (χ4n) is 9.97. The normalized spacial score (nSPS) is 52.0. The Morgan fingerprint density at radius 1 is 1.17 bits per heavy atom. The van der Waals surface area contributed by atoms with Crippen molar-refractivity contribution in [1.82, 2.24) is 0 Å². The third-order valence-corrected chi connectivity index (χ3v) is 11.9. The first-order valence-electron chi connectivity index (χ1n) is 15.1. The second-order valence-corrected chi connectivity index (χ2v) is 13.7. The summed E-state index contributed by atoms with van der Waals surface area (Å²) in [5, 5.41) is 23.6. The molecule has 10 nitrogen and oxygen atoms in total. The Morgan fingerprint density at radius 3 is 2.68 bits per heavy atom. The Morgan fingerprint density at radius 2 is 1.98 bits per heavy atom. The summed E-state index contributed by atoms with van der Waals surface area (Å²) in [6.07, 6.45) is 5.62. The van der Waals surface area contributed by atoms with Gasteiger partial charge in [-0.2, -0.15) is 0 Å². The van der Waals surface area contributed by atoms with Gasteiger partial charge in [0.05, 0.1) is 29.3 Å². The largest absolute Gasteiger partial charge is 0.458 e. The highest BCUT2D eigenvalue weighted by Crippen LogP contribution is 2.69. The summed E-state index contributed by atoms with van der Waals surface area (Å²) < 4.78 is 29.7. The first-order chi connectivity index (χ1) is 19.5. The Labute approximate surface area is 239 Å². The van der Waals surface area contributed by atoms with Crippen LogP contribution in [0.5, 0.6) is 0 Å². The summed E-state index contributed by atoms with van der Waals surface area (Å²) in [6, 6.07) is 0. The zero-order chi connectivity index (χ0) is 28.9. The highest BCUT2D eigenvalue weighted by Gasteiger charge is 2.70. The Bertz CT molecular complexity index is 1230. The summed E-state index contributed by atoms with van der Waals surface area (Å²) >= 11 is 0. The molecular formula is C31H40O10. The van der Waals surface area contributed by atoms with Crippen LogP contribution in [0.25, 0.3) is 0 Å². The summed E-state index contributed by atoms with van der Waals surface area (Å²) in [5.74, 6) is -2.94. The molecule has 3 saturated carbocycles. The number of rotatable bonds is 3. The van der Waals surface area contributed by atoms with Crippen LogP contribution in [0.1, 0.15) is 72.1 Å². The molecule has 0 radical (unpaired) electrons. The monoisotopic (exact) mass is 572 g/mol. The summed E-state index contributed by atoms with van der Waals surface area (Å²) in [5.41, 5.74) is -0.337. The molecule has 3 aliphatic heterocycles. The van der Waals surface area contributed by atoms with Crippen molar-refractivity contribution in [2.24, 2.45) is 28.6 Å². The zero-order valence-corrected chi connectivity index (χ0v) is 23.9. The highest BCUT2D eigenvalue weighted by atomic mass is 16.8. The van der Waals surface area contributed by atoms with Crippen LogP contribution in [0.4, 0.5) is 0 Å². The van der Waals surface area contributed by atoms with Crippen LogP contribution in [0, 0.1) is 28.6 Å². The van der Waals surface area contributed by atoms with E-state index in [0.717, 1.165) is 36.7 Å². The van der Waals surface area contributed by atoms with Crippen molar-refractivity contribution < 1.29 is 48.3 Å². The number of aliphatic hydroxyl groups is 2. The topological polar surface area (TPSA) is 138 Å².